The maximum atomic E-state index is 6.42. The van der Waals surface area contributed by atoms with E-state index in [-0.39, 0.29) is 6.04 Å². The van der Waals surface area contributed by atoms with E-state index in [1.807, 2.05) is 0 Å². The summed E-state index contributed by atoms with van der Waals surface area (Å²) in [5.74, 6) is 0. The SMILES string of the molecule is CCc1ccsc1C(N)c1cccc(C)c1C. The van der Waals surface area contributed by atoms with Crippen molar-refractivity contribution in [3.63, 3.8) is 0 Å². The molecule has 0 radical (unpaired) electrons. The first kappa shape index (κ1) is 12.3. The van der Waals surface area contributed by atoms with Gasteiger partial charge in [-0.3, -0.25) is 0 Å². The summed E-state index contributed by atoms with van der Waals surface area (Å²) in [5, 5.41) is 2.14. The number of aryl methyl sites for hydroxylation is 2. The van der Waals surface area contributed by atoms with Crippen molar-refractivity contribution in [2.75, 3.05) is 0 Å². The third-order valence-corrected chi connectivity index (χ3v) is 4.47. The number of hydrogen-bond acceptors (Lipinski definition) is 2. The number of thiophene rings is 1. The molecule has 0 saturated carbocycles. The zero-order valence-corrected chi connectivity index (χ0v) is 11.5. The summed E-state index contributed by atoms with van der Waals surface area (Å²) in [7, 11) is 0. The van der Waals surface area contributed by atoms with E-state index in [2.05, 4.69) is 50.4 Å². The van der Waals surface area contributed by atoms with Gasteiger partial charge in [0.25, 0.3) is 0 Å². The molecule has 0 aliphatic heterocycles. The average Bonchev–Trinajstić information content (AvgIpc) is 2.80. The second kappa shape index (κ2) is 5.03. The summed E-state index contributed by atoms with van der Waals surface area (Å²) in [6.07, 6.45) is 1.05. The van der Waals surface area contributed by atoms with Gasteiger partial charge < -0.3 is 5.73 Å². The normalized spacial score (nSPS) is 12.7. The van der Waals surface area contributed by atoms with Crippen molar-refractivity contribution >= 4 is 11.3 Å². The fraction of sp³-hybridized carbons (Fsp3) is 0.333. The predicted molar refractivity (Wildman–Crippen MR) is 75.6 cm³/mol. The molecule has 17 heavy (non-hydrogen) atoms. The summed E-state index contributed by atoms with van der Waals surface area (Å²) >= 11 is 1.77. The first-order valence-electron chi connectivity index (χ1n) is 6.03. The molecule has 1 atom stereocenters. The van der Waals surface area contributed by atoms with Gasteiger partial charge in [-0.1, -0.05) is 25.1 Å². The molecule has 1 aromatic heterocycles. The van der Waals surface area contributed by atoms with Crippen molar-refractivity contribution in [3.8, 4) is 0 Å². The lowest BCUT2D eigenvalue weighted by Crippen LogP contribution is -2.13. The number of rotatable bonds is 3. The topological polar surface area (TPSA) is 26.0 Å². The Morgan fingerprint density at radius 3 is 2.71 bits per heavy atom. The van der Waals surface area contributed by atoms with Crippen LogP contribution in [0.15, 0.2) is 29.6 Å². The van der Waals surface area contributed by atoms with Crippen molar-refractivity contribution in [2.24, 2.45) is 5.73 Å². The first-order valence-corrected chi connectivity index (χ1v) is 6.91. The molecule has 1 unspecified atom stereocenters. The Morgan fingerprint density at radius 1 is 1.24 bits per heavy atom. The van der Waals surface area contributed by atoms with Crippen LogP contribution in [0.25, 0.3) is 0 Å². The van der Waals surface area contributed by atoms with E-state index in [0.717, 1.165) is 6.42 Å². The van der Waals surface area contributed by atoms with Gasteiger partial charge in [-0.15, -0.1) is 11.3 Å². The van der Waals surface area contributed by atoms with Crippen molar-refractivity contribution in [1.29, 1.82) is 0 Å². The smallest absolute Gasteiger partial charge is 0.0651 e. The van der Waals surface area contributed by atoms with Crippen molar-refractivity contribution < 1.29 is 0 Å². The Morgan fingerprint density at radius 2 is 2.00 bits per heavy atom. The molecule has 0 fully saturated rings. The second-order valence-corrected chi connectivity index (χ2v) is 5.38. The second-order valence-electron chi connectivity index (χ2n) is 4.43. The van der Waals surface area contributed by atoms with Crippen LogP contribution >= 0.6 is 11.3 Å². The van der Waals surface area contributed by atoms with Gasteiger partial charge in [-0.2, -0.15) is 0 Å². The molecular formula is C15H19NS. The molecule has 1 aromatic carbocycles. The van der Waals surface area contributed by atoms with Crippen LogP contribution in [0.5, 0.6) is 0 Å². The molecule has 2 heteroatoms. The molecule has 0 spiro atoms. The van der Waals surface area contributed by atoms with E-state index < -0.39 is 0 Å². The summed E-state index contributed by atoms with van der Waals surface area (Å²) in [5.41, 5.74) is 11.7. The zero-order valence-electron chi connectivity index (χ0n) is 10.7. The van der Waals surface area contributed by atoms with E-state index in [1.165, 1.54) is 27.1 Å². The highest BCUT2D eigenvalue weighted by atomic mass is 32.1. The maximum Gasteiger partial charge on any atom is 0.0651 e. The highest BCUT2D eigenvalue weighted by Crippen LogP contribution is 2.30. The summed E-state index contributed by atoms with van der Waals surface area (Å²) in [6.45, 7) is 6.48. The average molecular weight is 245 g/mol. The highest BCUT2D eigenvalue weighted by molar-refractivity contribution is 7.10. The number of benzene rings is 1. The minimum atomic E-state index is 0.0184. The van der Waals surface area contributed by atoms with Gasteiger partial charge in [0.05, 0.1) is 6.04 Å². The van der Waals surface area contributed by atoms with Gasteiger partial charge in [0, 0.05) is 4.88 Å². The Bertz CT molecular complexity index is 513. The lowest BCUT2D eigenvalue weighted by molar-refractivity contribution is 0.862. The maximum absolute atomic E-state index is 6.42. The van der Waals surface area contributed by atoms with Gasteiger partial charge in [0.2, 0.25) is 0 Å². The molecule has 0 bridgehead atoms. The van der Waals surface area contributed by atoms with Gasteiger partial charge >= 0.3 is 0 Å². The fourth-order valence-electron chi connectivity index (χ4n) is 2.16. The largest absolute Gasteiger partial charge is 0.320 e. The van der Waals surface area contributed by atoms with Crippen LogP contribution in [-0.4, -0.2) is 0 Å². The molecule has 0 amide bonds. The molecule has 0 aliphatic carbocycles. The monoisotopic (exact) mass is 245 g/mol. The molecule has 2 rings (SSSR count). The van der Waals surface area contributed by atoms with Gasteiger partial charge in [0.1, 0.15) is 0 Å². The quantitative estimate of drug-likeness (QED) is 0.869. The Balaban J connectivity index is 2.44. The lowest BCUT2D eigenvalue weighted by atomic mass is 9.95. The Hall–Kier alpha value is -1.12. The molecular weight excluding hydrogens is 226 g/mol. The van der Waals surface area contributed by atoms with Gasteiger partial charge in [-0.25, -0.2) is 0 Å². The van der Waals surface area contributed by atoms with Crippen molar-refractivity contribution in [2.45, 2.75) is 33.2 Å². The number of nitrogens with two attached hydrogens (primary N) is 1. The van der Waals surface area contributed by atoms with Crippen LogP contribution in [0.2, 0.25) is 0 Å². The van der Waals surface area contributed by atoms with Crippen LogP contribution in [0.3, 0.4) is 0 Å². The zero-order chi connectivity index (χ0) is 12.4. The van der Waals surface area contributed by atoms with E-state index >= 15 is 0 Å². The van der Waals surface area contributed by atoms with Gasteiger partial charge in [-0.05, 0) is 54.0 Å². The third-order valence-electron chi connectivity index (χ3n) is 3.43. The molecule has 0 aliphatic rings. The standard InChI is InChI=1S/C15H19NS/c1-4-12-8-9-17-15(12)14(16)13-7-5-6-10(2)11(13)3/h5-9,14H,4,16H2,1-3H3. The van der Waals surface area contributed by atoms with Crippen LogP contribution in [0.4, 0.5) is 0 Å². The lowest BCUT2D eigenvalue weighted by Gasteiger charge is -2.16. The molecule has 90 valence electrons. The summed E-state index contributed by atoms with van der Waals surface area (Å²) in [6, 6.07) is 8.58. The van der Waals surface area contributed by atoms with Crippen LogP contribution in [-0.2, 0) is 6.42 Å². The van der Waals surface area contributed by atoms with Gasteiger partial charge in [0.15, 0.2) is 0 Å². The summed E-state index contributed by atoms with van der Waals surface area (Å²) < 4.78 is 0. The molecule has 1 nitrogen and oxygen atoms in total. The number of hydrogen-bond donors (Lipinski definition) is 1. The molecule has 2 N–H and O–H groups in total. The predicted octanol–water partition coefficient (Wildman–Crippen LogP) is 3.98. The van der Waals surface area contributed by atoms with Crippen molar-refractivity contribution in [1.82, 2.24) is 0 Å². The van der Waals surface area contributed by atoms with Crippen LogP contribution in [0.1, 0.15) is 40.1 Å². The van der Waals surface area contributed by atoms with E-state index in [4.69, 9.17) is 5.73 Å². The Labute approximate surface area is 107 Å². The summed E-state index contributed by atoms with van der Waals surface area (Å²) in [4.78, 5) is 1.31. The molecule has 2 aromatic rings. The highest BCUT2D eigenvalue weighted by Gasteiger charge is 2.16. The molecule has 1 heterocycles. The first-order chi connectivity index (χ1) is 8.15. The minimum absolute atomic E-state index is 0.0184. The minimum Gasteiger partial charge on any atom is -0.320 e. The van der Waals surface area contributed by atoms with E-state index in [0.29, 0.717) is 0 Å². The van der Waals surface area contributed by atoms with Crippen LogP contribution < -0.4 is 5.73 Å². The third kappa shape index (κ3) is 2.28. The fourth-order valence-corrected chi connectivity index (χ4v) is 3.18. The van der Waals surface area contributed by atoms with E-state index in [1.54, 1.807) is 11.3 Å². The van der Waals surface area contributed by atoms with E-state index in [9.17, 15) is 0 Å². The van der Waals surface area contributed by atoms with Crippen LogP contribution in [0, 0.1) is 13.8 Å². The molecule has 0 saturated heterocycles. The van der Waals surface area contributed by atoms with Crippen molar-refractivity contribution in [3.05, 3.63) is 56.8 Å². The Kier molecular flexibility index (Phi) is 3.65.